The number of carbonyl (C=O) groups excluding carboxylic acids is 2. The highest BCUT2D eigenvalue weighted by molar-refractivity contribution is 14.1. The molecule has 0 spiro atoms. The lowest BCUT2D eigenvalue weighted by Gasteiger charge is -2.18. The highest BCUT2D eigenvalue weighted by Gasteiger charge is 2.30. The van der Waals surface area contributed by atoms with Crippen LogP contribution in [0.25, 0.3) is 0 Å². The van der Waals surface area contributed by atoms with Gasteiger partial charge in [-0.1, -0.05) is 4.47 Å². The number of sulfonamides is 1. The van der Waals surface area contributed by atoms with Gasteiger partial charge in [0.15, 0.2) is 0 Å². The number of nitrogens with zero attached hydrogens (tertiary/aromatic N) is 1. The Bertz CT molecular complexity index is 566. The maximum atomic E-state index is 12.0. The van der Waals surface area contributed by atoms with Crippen LogP contribution in [0.15, 0.2) is 29.2 Å². The van der Waals surface area contributed by atoms with Crippen LogP contribution in [0.4, 0.5) is 0 Å². The van der Waals surface area contributed by atoms with Crippen LogP contribution in [0.3, 0.4) is 0 Å². The topological polar surface area (TPSA) is 80.8 Å². The van der Waals surface area contributed by atoms with E-state index in [9.17, 15) is 18.0 Å². The van der Waals surface area contributed by atoms with E-state index in [1.165, 1.54) is 12.1 Å². The first-order valence-corrected chi connectivity index (χ1v) is 7.27. The number of benzene rings is 1. The zero-order chi connectivity index (χ0) is 13.9. The average molecular weight is 383 g/mol. The van der Waals surface area contributed by atoms with E-state index in [1.807, 2.05) is 22.6 Å². The molecule has 0 aromatic heterocycles. The molecule has 0 radical (unpaired) electrons. The van der Waals surface area contributed by atoms with E-state index < -0.39 is 21.9 Å². The van der Waals surface area contributed by atoms with Crippen LogP contribution in [0, 0.1) is 3.57 Å². The van der Waals surface area contributed by atoms with Gasteiger partial charge in [-0.15, -0.1) is 0 Å². The minimum atomic E-state index is -4.17. The number of carbonyl (C=O) groups is 2. The number of halogens is 1. The van der Waals surface area contributed by atoms with Crippen LogP contribution >= 0.6 is 22.6 Å². The Morgan fingerprint density at radius 1 is 1.17 bits per heavy atom. The van der Waals surface area contributed by atoms with Gasteiger partial charge >= 0.3 is 5.97 Å². The third-order valence-corrected chi connectivity index (χ3v) is 4.15. The lowest BCUT2D eigenvalue weighted by atomic mass is 10.4. The minimum absolute atomic E-state index is 0.0809. The molecule has 0 heterocycles. The van der Waals surface area contributed by atoms with E-state index in [4.69, 9.17) is 0 Å². The third kappa shape index (κ3) is 3.42. The normalized spacial score (nSPS) is 10.8. The Hall–Kier alpha value is -1.16. The zero-order valence-corrected chi connectivity index (χ0v) is 12.6. The van der Waals surface area contributed by atoms with Gasteiger partial charge < -0.3 is 4.84 Å². The molecular formula is C10H10INO5S. The summed E-state index contributed by atoms with van der Waals surface area (Å²) in [7, 11) is -4.17. The number of amides is 1. The molecule has 0 bridgehead atoms. The van der Waals surface area contributed by atoms with E-state index in [2.05, 4.69) is 4.84 Å². The van der Waals surface area contributed by atoms with Crippen molar-refractivity contribution in [2.45, 2.75) is 18.7 Å². The highest BCUT2D eigenvalue weighted by atomic mass is 127. The van der Waals surface area contributed by atoms with Gasteiger partial charge in [0.1, 0.15) is 0 Å². The summed E-state index contributed by atoms with van der Waals surface area (Å²) in [5, 5.41) is 0. The predicted octanol–water partition coefficient (Wildman–Crippen LogP) is 1.31. The Morgan fingerprint density at radius 2 is 1.67 bits per heavy atom. The van der Waals surface area contributed by atoms with Crippen molar-refractivity contribution in [3.05, 3.63) is 27.8 Å². The molecule has 0 saturated carbocycles. The smallest absolute Gasteiger partial charge is 0.323 e. The first kappa shape index (κ1) is 14.9. The fourth-order valence-corrected chi connectivity index (χ4v) is 2.67. The summed E-state index contributed by atoms with van der Waals surface area (Å²) in [6.07, 6.45) is 0. The molecule has 98 valence electrons. The van der Waals surface area contributed by atoms with E-state index >= 15 is 0 Å². The lowest BCUT2D eigenvalue weighted by molar-refractivity contribution is -0.175. The molecule has 0 N–H and O–H groups in total. The average Bonchev–Trinajstić information content (AvgIpc) is 2.25. The number of rotatable bonds is 2. The molecule has 0 unspecified atom stereocenters. The first-order chi connectivity index (χ1) is 8.25. The second-order valence-corrected chi connectivity index (χ2v) is 6.29. The van der Waals surface area contributed by atoms with Crippen LogP contribution < -0.4 is 0 Å². The van der Waals surface area contributed by atoms with E-state index in [0.29, 0.717) is 0 Å². The van der Waals surface area contributed by atoms with Gasteiger partial charge in [-0.25, -0.2) is 4.79 Å². The van der Waals surface area contributed by atoms with Gasteiger partial charge in [-0.3, -0.25) is 4.79 Å². The SMILES string of the molecule is CC(=O)ON(C(C)=O)S(=O)(=O)c1ccc(I)cc1. The Balaban J connectivity index is 3.21. The maximum absolute atomic E-state index is 12.0. The molecule has 1 rings (SSSR count). The van der Waals surface area contributed by atoms with Crippen molar-refractivity contribution in [2.24, 2.45) is 0 Å². The molecule has 0 aliphatic heterocycles. The minimum Gasteiger partial charge on any atom is -0.323 e. The van der Waals surface area contributed by atoms with Crippen molar-refractivity contribution in [1.82, 2.24) is 4.47 Å². The second-order valence-electron chi connectivity index (χ2n) is 3.29. The Kier molecular flexibility index (Phi) is 4.68. The molecule has 8 heteroatoms. The van der Waals surface area contributed by atoms with E-state index in [0.717, 1.165) is 17.4 Å². The van der Waals surface area contributed by atoms with Crippen LogP contribution in [0.1, 0.15) is 13.8 Å². The van der Waals surface area contributed by atoms with Gasteiger partial charge in [0.2, 0.25) is 0 Å². The summed E-state index contributed by atoms with van der Waals surface area (Å²) < 4.78 is 25.0. The largest absolute Gasteiger partial charge is 0.330 e. The zero-order valence-electron chi connectivity index (χ0n) is 9.58. The first-order valence-electron chi connectivity index (χ1n) is 4.75. The Morgan fingerprint density at radius 3 is 2.06 bits per heavy atom. The molecule has 6 nitrogen and oxygen atoms in total. The molecule has 1 amide bonds. The van der Waals surface area contributed by atoms with E-state index in [-0.39, 0.29) is 9.36 Å². The molecule has 1 aromatic rings. The van der Waals surface area contributed by atoms with E-state index in [1.54, 1.807) is 12.1 Å². The molecule has 0 aliphatic rings. The summed E-state index contributed by atoms with van der Waals surface area (Å²) in [6, 6.07) is 5.80. The third-order valence-electron chi connectivity index (χ3n) is 1.80. The van der Waals surface area contributed by atoms with Gasteiger partial charge in [-0.05, 0) is 46.9 Å². The summed E-state index contributed by atoms with van der Waals surface area (Å²) >= 11 is 2.01. The van der Waals surface area contributed by atoms with Crippen LogP contribution in [0.2, 0.25) is 0 Å². The summed E-state index contributed by atoms with van der Waals surface area (Å²) in [5.74, 6) is -1.79. The number of hydrogen-bond donors (Lipinski definition) is 0. The molecule has 0 atom stereocenters. The summed E-state index contributed by atoms with van der Waals surface area (Å²) in [6.45, 7) is 2.01. The van der Waals surface area contributed by atoms with Crippen LogP contribution in [-0.4, -0.2) is 24.8 Å². The maximum Gasteiger partial charge on any atom is 0.330 e. The molecule has 18 heavy (non-hydrogen) atoms. The Labute approximate surface area is 118 Å². The molecular weight excluding hydrogens is 373 g/mol. The monoisotopic (exact) mass is 383 g/mol. The standard InChI is InChI=1S/C10H10INO5S/c1-7(13)12(17-8(2)14)18(15,16)10-5-3-9(11)4-6-10/h3-6H,1-2H3. The molecule has 0 aliphatic carbocycles. The molecule has 0 fully saturated rings. The molecule has 0 saturated heterocycles. The second kappa shape index (κ2) is 5.65. The van der Waals surface area contributed by atoms with Crippen molar-refractivity contribution >= 4 is 44.5 Å². The van der Waals surface area contributed by atoms with Crippen LogP contribution in [-0.2, 0) is 24.4 Å². The highest BCUT2D eigenvalue weighted by Crippen LogP contribution is 2.18. The predicted molar refractivity (Wildman–Crippen MR) is 70.6 cm³/mol. The lowest BCUT2D eigenvalue weighted by Crippen LogP contribution is -2.36. The number of hydrogen-bond acceptors (Lipinski definition) is 5. The van der Waals surface area contributed by atoms with Crippen molar-refractivity contribution in [3.63, 3.8) is 0 Å². The fraction of sp³-hybridized carbons (Fsp3) is 0.200. The van der Waals surface area contributed by atoms with Crippen molar-refractivity contribution in [3.8, 4) is 0 Å². The van der Waals surface area contributed by atoms with Gasteiger partial charge in [0, 0.05) is 17.4 Å². The van der Waals surface area contributed by atoms with Gasteiger partial charge in [-0.2, -0.15) is 8.42 Å². The van der Waals surface area contributed by atoms with Crippen molar-refractivity contribution < 1.29 is 22.8 Å². The van der Waals surface area contributed by atoms with Gasteiger partial charge in [0.25, 0.3) is 15.9 Å². The fourth-order valence-electron chi connectivity index (χ4n) is 1.10. The quantitative estimate of drug-likeness (QED) is 0.568. The number of hydroxylamine groups is 1. The van der Waals surface area contributed by atoms with Crippen LogP contribution in [0.5, 0.6) is 0 Å². The van der Waals surface area contributed by atoms with Crippen molar-refractivity contribution in [2.75, 3.05) is 0 Å². The van der Waals surface area contributed by atoms with Crippen molar-refractivity contribution in [1.29, 1.82) is 0 Å². The van der Waals surface area contributed by atoms with Gasteiger partial charge in [0.05, 0.1) is 4.90 Å². The summed E-state index contributed by atoms with van der Waals surface area (Å²) in [5.41, 5.74) is 0. The summed E-state index contributed by atoms with van der Waals surface area (Å²) in [4.78, 5) is 26.3. The molecule has 1 aromatic carbocycles.